The van der Waals surface area contributed by atoms with E-state index in [1.807, 2.05) is 73.7 Å². The molecule has 2 heterocycles. The van der Waals surface area contributed by atoms with E-state index in [0.29, 0.717) is 30.0 Å². The van der Waals surface area contributed by atoms with E-state index in [1.165, 1.54) is 0 Å². The van der Waals surface area contributed by atoms with Crippen LogP contribution in [0.4, 0.5) is 11.8 Å². The zero-order chi connectivity index (χ0) is 24.2. The van der Waals surface area contributed by atoms with Crippen LogP contribution in [0.15, 0.2) is 67.0 Å². The Morgan fingerprint density at radius 2 is 1.77 bits per heavy atom. The zero-order valence-electron chi connectivity index (χ0n) is 20.2. The molecule has 2 aromatic carbocycles. The van der Waals surface area contributed by atoms with E-state index in [4.69, 9.17) is 9.97 Å². The molecule has 0 unspecified atom stereocenters. The molecule has 0 aliphatic heterocycles. The molecule has 180 valence electrons. The number of hydrogen-bond acceptors (Lipinski definition) is 6. The third kappa shape index (κ3) is 5.26. The molecule has 0 atom stereocenters. The van der Waals surface area contributed by atoms with E-state index in [9.17, 15) is 4.79 Å². The first-order chi connectivity index (χ1) is 17.1. The first-order valence-electron chi connectivity index (χ1n) is 12.2. The number of nitrogens with zero attached hydrogens (tertiary/aromatic N) is 5. The second-order valence-corrected chi connectivity index (χ2v) is 9.35. The molecule has 5 rings (SSSR count). The maximum atomic E-state index is 12.6. The Kier molecular flexibility index (Phi) is 6.61. The van der Waals surface area contributed by atoms with Crippen LogP contribution in [-0.2, 0) is 0 Å². The van der Waals surface area contributed by atoms with Gasteiger partial charge in [0, 0.05) is 50.0 Å². The van der Waals surface area contributed by atoms with Crippen LogP contribution in [0.3, 0.4) is 0 Å². The first-order valence-corrected chi connectivity index (χ1v) is 12.2. The Labute approximate surface area is 205 Å². The lowest BCUT2D eigenvalue weighted by atomic mass is 9.86. The van der Waals surface area contributed by atoms with Gasteiger partial charge in [0.25, 0.3) is 5.91 Å². The van der Waals surface area contributed by atoms with E-state index < -0.39 is 0 Å². The van der Waals surface area contributed by atoms with Gasteiger partial charge >= 0.3 is 0 Å². The van der Waals surface area contributed by atoms with Gasteiger partial charge in [-0.1, -0.05) is 12.1 Å². The van der Waals surface area contributed by atoms with Gasteiger partial charge in [-0.3, -0.25) is 4.79 Å². The number of fused-ring (bicyclic) bond motifs is 1. The van der Waals surface area contributed by atoms with Gasteiger partial charge in [0.1, 0.15) is 5.82 Å². The van der Waals surface area contributed by atoms with Crippen molar-refractivity contribution in [2.75, 3.05) is 30.9 Å². The quantitative estimate of drug-likeness (QED) is 0.420. The fraction of sp³-hybridized carbons (Fsp3) is 0.333. The van der Waals surface area contributed by atoms with E-state index in [1.54, 1.807) is 10.9 Å². The molecule has 0 saturated heterocycles. The average molecular weight is 470 g/mol. The van der Waals surface area contributed by atoms with Gasteiger partial charge < -0.3 is 15.5 Å². The summed E-state index contributed by atoms with van der Waals surface area (Å²) in [6.45, 7) is 0.698. The lowest BCUT2D eigenvalue weighted by Gasteiger charge is -2.29. The Balaban J connectivity index is 1.12. The van der Waals surface area contributed by atoms with Crippen LogP contribution in [0.1, 0.15) is 36.0 Å². The van der Waals surface area contributed by atoms with Crippen molar-refractivity contribution in [1.82, 2.24) is 25.1 Å². The topological polar surface area (TPSA) is 88.0 Å². The number of rotatable bonds is 7. The molecule has 1 amide bonds. The Hall–Kier alpha value is -3.94. The summed E-state index contributed by atoms with van der Waals surface area (Å²) in [6.07, 6.45) is 7.81. The van der Waals surface area contributed by atoms with Crippen LogP contribution in [-0.4, -0.2) is 52.3 Å². The minimum atomic E-state index is -0.0296. The summed E-state index contributed by atoms with van der Waals surface area (Å²) in [7, 11) is 4.01. The van der Waals surface area contributed by atoms with Gasteiger partial charge in [0.15, 0.2) is 0 Å². The molecule has 8 heteroatoms. The van der Waals surface area contributed by atoms with Crippen molar-refractivity contribution in [2.24, 2.45) is 5.92 Å². The van der Waals surface area contributed by atoms with E-state index >= 15 is 0 Å². The largest absolute Gasteiger partial charge is 0.362 e. The highest BCUT2D eigenvalue weighted by molar-refractivity contribution is 5.94. The number of hydrogen-bond donors (Lipinski definition) is 2. The second-order valence-electron chi connectivity index (χ2n) is 9.35. The summed E-state index contributed by atoms with van der Waals surface area (Å²) in [5.74, 6) is 2.06. The normalized spacial score (nSPS) is 17.8. The van der Waals surface area contributed by atoms with Crippen LogP contribution in [0.5, 0.6) is 0 Å². The molecule has 2 aromatic heterocycles. The molecular formula is C27H31N7O. The third-order valence-electron chi connectivity index (χ3n) is 6.64. The highest BCUT2D eigenvalue weighted by Gasteiger charge is 2.23. The molecule has 4 aromatic rings. The minimum absolute atomic E-state index is 0.0296. The minimum Gasteiger partial charge on any atom is -0.362 e. The van der Waals surface area contributed by atoms with Crippen molar-refractivity contribution in [3.63, 3.8) is 0 Å². The number of benzene rings is 2. The van der Waals surface area contributed by atoms with Crippen molar-refractivity contribution in [3.8, 4) is 5.69 Å². The zero-order valence-corrected chi connectivity index (χ0v) is 20.2. The van der Waals surface area contributed by atoms with Crippen LogP contribution in [0.2, 0.25) is 0 Å². The number of carbonyl (C=O) groups excluding carboxylic acids is 1. The molecule has 0 bridgehead atoms. The van der Waals surface area contributed by atoms with Crippen molar-refractivity contribution in [2.45, 2.75) is 31.7 Å². The standard InChI is InChI=1S/C27H31N7O/c1-33(2)25-23-6-3-4-7-24(23)31-27(32-25)30-21-12-8-19(9-13-21)18-28-26(35)20-10-14-22(15-11-20)34-17-5-16-29-34/h3-7,10-11,14-17,19,21H,8-9,12-13,18H2,1-2H3,(H,28,35)(H,30,31,32). The van der Waals surface area contributed by atoms with Crippen LogP contribution in [0, 0.1) is 5.92 Å². The molecule has 2 N–H and O–H groups in total. The van der Waals surface area contributed by atoms with Gasteiger partial charge in [-0.25, -0.2) is 9.67 Å². The smallest absolute Gasteiger partial charge is 0.251 e. The molecule has 0 spiro atoms. The molecule has 35 heavy (non-hydrogen) atoms. The van der Waals surface area contributed by atoms with E-state index in [2.05, 4.69) is 21.8 Å². The highest BCUT2D eigenvalue weighted by Crippen LogP contribution is 2.28. The third-order valence-corrected chi connectivity index (χ3v) is 6.64. The number of aromatic nitrogens is 4. The van der Waals surface area contributed by atoms with Crippen LogP contribution >= 0.6 is 0 Å². The lowest BCUT2D eigenvalue weighted by molar-refractivity contribution is 0.0943. The predicted molar refractivity (Wildman–Crippen MR) is 139 cm³/mol. The number of nitrogens with one attached hydrogen (secondary N) is 2. The Morgan fingerprint density at radius 3 is 2.49 bits per heavy atom. The number of amides is 1. The fourth-order valence-electron chi connectivity index (χ4n) is 4.68. The number of carbonyl (C=O) groups is 1. The summed E-state index contributed by atoms with van der Waals surface area (Å²) in [4.78, 5) is 24.2. The van der Waals surface area contributed by atoms with Crippen molar-refractivity contribution >= 4 is 28.6 Å². The molecule has 1 aliphatic carbocycles. The van der Waals surface area contributed by atoms with Gasteiger partial charge in [-0.05, 0) is 74.1 Å². The van der Waals surface area contributed by atoms with E-state index in [0.717, 1.165) is 48.1 Å². The van der Waals surface area contributed by atoms with Crippen LogP contribution in [0.25, 0.3) is 16.6 Å². The molecule has 1 aliphatic rings. The lowest BCUT2D eigenvalue weighted by Crippen LogP contribution is -2.34. The average Bonchev–Trinajstić information content (AvgIpc) is 3.43. The number of para-hydroxylation sites is 1. The number of anilines is 2. The van der Waals surface area contributed by atoms with Crippen LogP contribution < -0.4 is 15.5 Å². The predicted octanol–water partition coefficient (Wildman–Crippen LogP) is 4.28. The Bertz CT molecular complexity index is 1280. The monoisotopic (exact) mass is 469 g/mol. The van der Waals surface area contributed by atoms with Gasteiger partial charge in [-0.15, -0.1) is 0 Å². The van der Waals surface area contributed by atoms with Gasteiger partial charge in [0.05, 0.1) is 11.2 Å². The highest BCUT2D eigenvalue weighted by atomic mass is 16.1. The van der Waals surface area contributed by atoms with Gasteiger partial charge in [-0.2, -0.15) is 10.1 Å². The summed E-state index contributed by atoms with van der Waals surface area (Å²) < 4.78 is 1.78. The summed E-state index contributed by atoms with van der Waals surface area (Å²) in [5, 5.41) is 11.9. The molecule has 1 fully saturated rings. The van der Waals surface area contributed by atoms with E-state index in [-0.39, 0.29) is 5.91 Å². The molecule has 8 nitrogen and oxygen atoms in total. The summed E-state index contributed by atoms with van der Waals surface area (Å²) in [5.41, 5.74) is 2.55. The SMILES string of the molecule is CN(C)c1nc(NC2CCC(CNC(=O)c3ccc(-n4cccn4)cc3)CC2)nc2ccccc12. The Morgan fingerprint density at radius 1 is 1.00 bits per heavy atom. The summed E-state index contributed by atoms with van der Waals surface area (Å²) >= 11 is 0. The maximum absolute atomic E-state index is 12.6. The van der Waals surface area contributed by atoms with Crippen molar-refractivity contribution in [3.05, 3.63) is 72.6 Å². The first kappa shape index (κ1) is 22.8. The van der Waals surface area contributed by atoms with Crippen molar-refractivity contribution in [1.29, 1.82) is 0 Å². The second kappa shape index (κ2) is 10.1. The van der Waals surface area contributed by atoms with Gasteiger partial charge in [0.2, 0.25) is 5.95 Å². The molecule has 0 radical (unpaired) electrons. The molecule has 1 saturated carbocycles. The molecular weight excluding hydrogens is 438 g/mol. The van der Waals surface area contributed by atoms with Crippen molar-refractivity contribution < 1.29 is 4.79 Å². The summed E-state index contributed by atoms with van der Waals surface area (Å²) in [6, 6.07) is 17.8. The fourth-order valence-corrected chi connectivity index (χ4v) is 4.68. The maximum Gasteiger partial charge on any atom is 0.251 e.